The molecule has 0 atom stereocenters. The molecule has 2 aromatic rings. The van der Waals surface area contributed by atoms with Crippen LogP contribution in [0, 0.1) is 0 Å². The van der Waals surface area contributed by atoms with Crippen LogP contribution in [0.4, 0.5) is 5.69 Å². The fourth-order valence-electron chi connectivity index (χ4n) is 3.20. The molecule has 0 bridgehead atoms. The molecule has 0 aromatic heterocycles. The van der Waals surface area contributed by atoms with Crippen molar-refractivity contribution in [1.29, 1.82) is 0 Å². The van der Waals surface area contributed by atoms with Gasteiger partial charge in [0.25, 0.3) is 5.91 Å². The molecule has 2 aromatic carbocycles. The number of carboxylic acid groups (broad SMARTS) is 1. The number of benzene rings is 2. The van der Waals surface area contributed by atoms with Gasteiger partial charge in [0, 0.05) is 18.7 Å². The highest BCUT2D eigenvalue weighted by molar-refractivity contribution is 7.92. The van der Waals surface area contributed by atoms with Crippen LogP contribution in [-0.4, -0.2) is 49.6 Å². The number of anilines is 1. The predicted octanol–water partition coefficient (Wildman–Crippen LogP) is 1.74. The second kappa shape index (κ2) is 7.40. The van der Waals surface area contributed by atoms with E-state index in [1.807, 2.05) is 30.3 Å². The topological polar surface area (TPSA) is 95.0 Å². The Morgan fingerprint density at radius 2 is 1.85 bits per heavy atom. The van der Waals surface area contributed by atoms with Gasteiger partial charge in [-0.2, -0.15) is 0 Å². The van der Waals surface area contributed by atoms with Crippen LogP contribution >= 0.6 is 0 Å². The van der Waals surface area contributed by atoms with E-state index in [4.69, 9.17) is 5.11 Å². The Hall–Kier alpha value is -2.87. The summed E-state index contributed by atoms with van der Waals surface area (Å²) in [7, 11) is -3.36. The Kier molecular flexibility index (Phi) is 5.18. The third-order valence-electron chi connectivity index (χ3n) is 4.41. The van der Waals surface area contributed by atoms with E-state index >= 15 is 0 Å². The smallest absolute Gasteiger partial charge is 0.323 e. The summed E-state index contributed by atoms with van der Waals surface area (Å²) in [6.45, 7) is 0.105. The lowest BCUT2D eigenvalue weighted by atomic mass is 10.1. The van der Waals surface area contributed by atoms with Crippen LogP contribution in [0.3, 0.4) is 0 Å². The molecule has 0 aliphatic carbocycles. The average molecular weight is 388 g/mol. The zero-order chi connectivity index (χ0) is 19.6. The van der Waals surface area contributed by atoms with Gasteiger partial charge >= 0.3 is 5.97 Å². The van der Waals surface area contributed by atoms with Gasteiger partial charge in [-0.25, -0.2) is 8.42 Å². The second-order valence-electron chi connectivity index (χ2n) is 6.47. The normalized spacial score (nSPS) is 13.3. The van der Waals surface area contributed by atoms with Gasteiger partial charge in [0.15, 0.2) is 0 Å². The standard InChI is InChI=1S/C19H20N2O5S/c1-27(25,26)21-10-9-15-11-16(7-8-17(15)21)19(24)20(13-18(22)23)12-14-5-3-2-4-6-14/h2-8,11H,9-10,12-13H2,1H3,(H,22,23). The highest BCUT2D eigenvalue weighted by atomic mass is 32.2. The van der Waals surface area contributed by atoms with Gasteiger partial charge in [-0.15, -0.1) is 0 Å². The number of carboxylic acids is 1. The number of carbonyl (C=O) groups is 2. The van der Waals surface area contributed by atoms with E-state index < -0.39 is 28.4 Å². The molecule has 8 heteroatoms. The number of aliphatic carboxylic acids is 1. The Morgan fingerprint density at radius 1 is 1.15 bits per heavy atom. The van der Waals surface area contributed by atoms with Gasteiger partial charge in [0.2, 0.25) is 10.0 Å². The van der Waals surface area contributed by atoms with E-state index in [0.29, 0.717) is 24.2 Å². The lowest BCUT2D eigenvalue weighted by molar-refractivity contribution is -0.137. The molecular weight excluding hydrogens is 368 g/mol. The molecule has 7 nitrogen and oxygen atoms in total. The molecule has 0 saturated carbocycles. The summed E-state index contributed by atoms with van der Waals surface area (Å²) < 4.78 is 25.0. The van der Waals surface area contributed by atoms with Gasteiger partial charge in [-0.3, -0.25) is 13.9 Å². The minimum absolute atomic E-state index is 0.179. The minimum atomic E-state index is -3.36. The summed E-state index contributed by atoms with van der Waals surface area (Å²) in [4.78, 5) is 25.4. The van der Waals surface area contributed by atoms with Crippen LogP contribution < -0.4 is 4.31 Å². The number of carbonyl (C=O) groups excluding carboxylic acids is 1. The summed E-state index contributed by atoms with van der Waals surface area (Å²) in [5, 5.41) is 9.17. The number of fused-ring (bicyclic) bond motifs is 1. The maximum Gasteiger partial charge on any atom is 0.323 e. The van der Waals surface area contributed by atoms with Crippen molar-refractivity contribution in [2.75, 3.05) is 23.7 Å². The van der Waals surface area contributed by atoms with Gasteiger partial charge < -0.3 is 10.0 Å². The van der Waals surface area contributed by atoms with Crippen LogP contribution in [0.5, 0.6) is 0 Å². The summed E-state index contributed by atoms with van der Waals surface area (Å²) in [5.74, 6) is -1.49. The number of hydrogen-bond acceptors (Lipinski definition) is 4. The first-order valence-corrected chi connectivity index (χ1v) is 10.3. The molecule has 1 N–H and O–H groups in total. The fourth-order valence-corrected chi connectivity index (χ4v) is 4.16. The third kappa shape index (κ3) is 4.28. The third-order valence-corrected chi connectivity index (χ3v) is 5.59. The predicted molar refractivity (Wildman–Crippen MR) is 101 cm³/mol. The van der Waals surface area contributed by atoms with Crippen molar-refractivity contribution in [1.82, 2.24) is 4.90 Å². The number of hydrogen-bond donors (Lipinski definition) is 1. The Morgan fingerprint density at radius 3 is 2.48 bits per heavy atom. The first-order valence-electron chi connectivity index (χ1n) is 8.41. The van der Waals surface area contributed by atoms with E-state index in [-0.39, 0.29) is 6.54 Å². The van der Waals surface area contributed by atoms with E-state index in [1.165, 1.54) is 9.21 Å². The maximum atomic E-state index is 12.9. The average Bonchev–Trinajstić information content (AvgIpc) is 3.04. The summed E-state index contributed by atoms with van der Waals surface area (Å²) in [6.07, 6.45) is 1.66. The number of nitrogens with zero attached hydrogens (tertiary/aromatic N) is 2. The van der Waals surface area contributed by atoms with E-state index in [2.05, 4.69) is 0 Å². The highest BCUT2D eigenvalue weighted by Gasteiger charge is 2.28. The van der Waals surface area contributed by atoms with Crippen LogP contribution in [0.1, 0.15) is 21.5 Å². The zero-order valence-corrected chi connectivity index (χ0v) is 15.6. The molecule has 0 fully saturated rings. The van der Waals surface area contributed by atoms with Crippen molar-refractivity contribution in [2.45, 2.75) is 13.0 Å². The van der Waals surface area contributed by atoms with Crippen molar-refractivity contribution in [2.24, 2.45) is 0 Å². The van der Waals surface area contributed by atoms with Gasteiger partial charge in [0.05, 0.1) is 11.9 Å². The van der Waals surface area contributed by atoms with E-state index in [9.17, 15) is 18.0 Å². The number of sulfonamides is 1. The van der Waals surface area contributed by atoms with Crippen LogP contribution in [0.2, 0.25) is 0 Å². The molecule has 1 amide bonds. The molecule has 1 aliphatic heterocycles. The number of amides is 1. The van der Waals surface area contributed by atoms with Crippen molar-refractivity contribution in [3.63, 3.8) is 0 Å². The van der Waals surface area contributed by atoms with Crippen molar-refractivity contribution in [3.05, 3.63) is 65.2 Å². The molecule has 142 valence electrons. The maximum absolute atomic E-state index is 12.9. The van der Waals surface area contributed by atoms with Crippen LogP contribution in [-0.2, 0) is 27.8 Å². The monoisotopic (exact) mass is 388 g/mol. The van der Waals surface area contributed by atoms with Crippen molar-refractivity contribution in [3.8, 4) is 0 Å². The summed E-state index contributed by atoms with van der Waals surface area (Å²) >= 11 is 0. The van der Waals surface area contributed by atoms with Crippen LogP contribution in [0.15, 0.2) is 48.5 Å². The largest absolute Gasteiger partial charge is 0.480 e. The molecule has 0 spiro atoms. The van der Waals surface area contributed by atoms with Gasteiger partial charge in [0.1, 0.15) is 6.54 Å². The Bertz CT molecular complexity index is 973. The lowest BCUT2D eigenvalue weighted by Crippen LogP contribution is -2.35. The Labute approximate surface area is 157 Å². The molecular formula is C19H20N2O5S. The van der Waals surface area contributed by atoms with Crippen molar-refractivity contribution >= 4 is 27.6 Å². The van der Waals surface area contributed by atoms with Crippen LogP contribution in [0.25, 0.3) is 0 Å². The highest BCUT2D eigenvalue weighted by Crippen LogP contribution is 2.31. The second-order valence-corrected chi connectivity index (χ2v) is 8.38. The molecule has 3 rings (SSSR count). The summed E-state index contributed by atoms with van der Waals surface area (Å²) in [6, 6.07) is 14.0. The zero-order valence-electron chi connectivity index (χ0n) is 14.8. The van der Waals surface area contributed by atoms with E-state index in [0.717, 1.165) is 17.4 Å². The molecule has 1 heterocycles. The van der Waals surface area contributed by atoms with Gasteiger partial charge in [-0.05, 0) is 35.7 Å². The van der Waals surface area contributed by atoms with E-state index in [1.54, 1.807) is 18.2 Å². The molecule has 1 aliphatic rings. The molecule has 27 heavy (non-hydrogen) atoms. The SMILES string of the molecule is CS(=O)(=O)N1CCc2cc(C(=O)N(CC(=O)O)Cc3ccccc3)ccc21. The summed E-state index contributed by atoms with van der Waals surface area (Å²) in [5.41, 5.74) is 2.51. The lowest BCUT2D eigenvalue weighted by Gasteiger charge is -2.22. The first kappa shape index (κ1) is 18.9. The molecule has 0 radical (unpaired) electrons. The van der Waals surface area contributed by atoms with Crippen molar-refractivity contribution < 1.29 is 23.1 Å². The number of rotatable bonds is 6. The minimum Gasteiger partial charge on any atom is -0.480 e. The molecule has 0 unspecified atom stereocenters. The quantitative estimate of drug-likeness (QED) is 0.813. The molecule has 0 saturated heterocycles. The Balaban J connectivity index is 1.87. The van der Waals surface area contributed by atoms with Gasteiger partial charge in [-0.1, -0.05) is 30.3 Å². The fraction of sp³-hybridized carbons (Fsp3) is 0.263. The first-order chi connectivity index (χ1) is 12.8.